The minimum absolute atomic E-state index is 0.0987. The first-order valence-electron chi connectivity index (χ1n) is 8.76. The summed E-state index contributed by atoms with van der Waals surface area (Å²) in [5.74, 6) is 4.76. The number of carbonyl (C=O) groups is 1. The fourth-order valence-corrected chi connectivity index (χ4v) is 3.39. The Morgan fingerprint density at radius 1 is 0.871 bits per heavy atom. The van der Waals surface area contributed by atoms with E-state index in [0.717, 1.165) is 12.1 Å². The largest absolute Gasteiger partial charge is 0.416 e. The Bertz CT molecular complexity index is 1290. The zero-order chi connectivity index (χ0) is 22.6. The number of carbonyl (C=O) groups excluding carboxylic acids is 1. The minimum atomic E-state index is -4.45. The summed E-state index contributed by atoms with van der Waals surface area (Å²) in [5, 5.41) is 7.70. The molecule has 3 aromatic carbocycles. The molecule has 0 heterocycles. The number of hydrogen-bond donors (Lipinski definition) is 2. The molecule has 9 heteroatoms. The number of hydrogen-bond acceptors (Lipinski definition) is 3. The average Bonchev–Trinajstić information content (AvgIpc) is 2.72. The summed E-state index contributed by atoms with van der Waals surface area (Å²) in [4.78, 5) is 12.1. The molecule has 31 heavy (non-hydrogen) atoms. The van der Waals surface area contributed by atoms with E-state index in [1.165, 1.54) is 48.5 Å². The van der Waals surface area contributed by atoms with Gasteiger partial charge in [-0.2, -0.15) is 13.2 Å². The monoisotopic (exact) mass is 444 g/mol. The van der Waals surface area contributed by atoms with Crippen molar-refractivity contribution < 1.29 is 26.4 Å². The first-order chi connectivity index (χ1) is 14.5. The fraction of sp³-hybridized carbons (Fsp3) is 0.0455. The lowest BCUT2D eigenvalue weighted by Gasteiger charge is -2.09. The molecule has 0 unspecified atom stereocenters. The molecule has 0 fully saturated rings. The van der Waals surface area contributed by atoms with E-state index >= 15 is 0 Å². The van der Waals surface area contributed by atoms with Gasteiger partial charge >= 0.3 is 6.18 Å². The van der Waals surface area contributed by atoms with Crippen LogP contribution in [-0.2, 0) is 16.2 Å². The molecule has 1 amide bonds. The molecule has 3 aromatic rings. The molecule has 0 saturated heterocycles. The van der Waals surface area contributed by atoms with Crippen LogP contribution in [0.15, 0.2) is 77.7 Å². The van der Waals surface area contributed by atoms with Crippen molar-refractivity contribution in [2.24, 2.45) is 5.14 Å². The number of anilines is 1. The summed E-state index contributed by atoms with van der Waals surface area (Å²) in [6, 6.07) is 16.4. The Labute approximate surface area is 176 Å². The van der Waals surface area contributed by atoms with E-state index in [1.54, 1.807) is 12.1 Å². The van der Waals surface area contributed by atoms with E-state index in [1.807, 2.05) is 0 Å². The van der Waals surface area contributed by atoms with Gasteiger partial charge in [-0.15, -0.1) is 0 Å². The second kappa shape index (κ2) is 8.63. The van der Waals surface area contributed by atoms with Crippen molar-refractivity contribution in [3.63, 3.8) is 0 Å². The molecule has 0 aromatic heterocycles. The Morgan fingerprint density at radius 2 is 1.52 bits per heavy atom. The maximum absolute atomic E-state index is 12.8. The highest BCUT2D eigenvalue weighted by Crippen LogP contribution is 2.29. The van der Waals surface area contributed by atoms with E-state index in [9.17, 15) is 26.4 Å². The zero-order valence-electron chi connectivity index (χ0n) is 15.8. The van der Waals surface area contributed by atoms with Gasteiger partial charge in [-0.3, -0.25) is 4.79 Å². The van der Waals surface area contributed by atoms with Crippen LogP contribution in [0.2, 0.25) is 0 Å². The molecule has 3 N–H and O–H groups in total. The van der Waals surface area contributed by atoms with Crippen LogP contribution in [-0.4, -0.2) is 14.3 Å². The third kappa shape index (κ3) is 5.72. The lowest BCUT2D eigenvalue weighted by Crippen LogP contribution is -2.20. The molecular weight excluding hydrogens is 429 g/mol. The second-order valence-electron chi connectivity index (χ2n) is 6.40. The number of rotatable bonds is 3. The van der Waals surface area contributed by atoms with Crippen LogP contribution >= 0.6 is 0 Å². The molecule has 0 bridgehead atoms. The van der Waals surface area contributed by atoms with E-state index in [4.69, 9.17) is 5.14 Å². The molecule has 0 aliphatic rings. The number of primary sulfonamides is 1. The van der Waals surface area contributed by atoms with E-state index in [2.05, 4.69) is 17.2 Å². The summed E-state index contributed by atoms with van der Waals surface area (Å²) >= 11 is 0. The van der Waals surface area contributed by atoms with Crippen LogP contribution in [0.25, 0.3) is 0 Å². The highest BCUT2D eigenvalue weighted by Gasteiger charge is 2.30. The van der Waals surface area contributed by atoms with Gasteiger partial charge in [-0.25, -0.2) is 13.6 Å². The van der Waals surface area contributed by atoms with Crippen LogP contribution in [0.3, 0.4) is 0 Å². The fourth-order valence-electron chi connectivity index (χ4n) is 2.66. The lowest BCUT2D eigenvalue weighted by atomic mass is 10.1. The number of sulfonamides is 1. The predicted octanol–water partition coefficient (Wildman–Crippen LogP) is 4.00. The second-order valence-corrected chi connectivity index (χ2v) is 7.93. The van der Waals surface area contributed by atoms with Crippen LogP contribution in [0.1, 0.15) is 27.0 Å². The summed E-state index contributed by atoms with van der Waals surface area (Å²) in [6.45, 7) is 0. The van der Waals surface area contributed by atoms with Gasteiger partial charge in [0.15, 0.2) is 0 Å². The highest BCUT2D eigenvalue weighted by atomic mass is 32.2. The highest BCUT2D eigenvalue weighted by molar-refractivity contribution is 7.89. The minimum Gasteiger partial charge on any atom is -0.322 e. The van der Waals surface area contributed by atoms with Crippen LogP contribution in [0.5, 0.6) is 0 Å². The summed E-state index contributed by atoms with van der Waals surface area (Å²) < 4.78 is 61.6. The van der Waals surface area contributed by atoms with Gasteiger partial charge in [0, 0.05) is 16.8 Å². The van der Waals surface area contributed by atoms with E-state index < -0.39 is 27.7 Å². The lowest BCUT2D eigenvalue weighted by molar-refractivity contribution is -0.137. The zero-order valence-corrected chi connectivity index (χ0v) is 16.6. The van der Waals surface area contributed by atoms with Crippen molar-refractivity contribution in [3.05, 3.63) is 95.1 Å². The van der Waals surface area contributed by atoms with Crippen molar-refractivity contribution in [3.8, 4) is 11.8 Å². The van der Waals surface area contributed by atoms with Crippen LogP contribution < -0.4 is 10.5 Å². The van der Waals surface area contributed by atoms with Crippen molar-refractivity contribution in [1.29, 1.82) is 0 Å². The topological polar surface area (TPSA) is 89.3 Å². The van der Waals surface area contributed by atoms with Crippen molar-refractivity contribution in [2.45, 2.75) is 11.1 Å². The number of nitrogens with one attached hydrogen (secondary N) is 1. The molecule has 5 nitrogen and oxygen atoms in total. The summed E-state index contributed by atoms with van der Waals surface area (Å²) in [5.41, 5.74) is 0.224. The number of nitrogens with two attached hydrogens (primary N) is 1. The average molecular weight is 444 g/mol. The SMILES string of the molecule is NS(=O)(=O)c1ccccc1C(=O)Nc1ccc(C#Cc2cccc(C(F)(F)F)c2)cc1. The van der Waals surface area contributed by atoms with E-state index in [0.29, 0.717) is 11.3 Å². The van der Waals surface area contributed by atoms with Gasteiger partial charge in [-0.05, 0) is 54.6 Å². The normalized spacial score (nSPS) is 11.4. The molecular formula is C22H15F3N2O3S. The van der Waals surface area contributed by atoms with Gasteiger partial charge in [-0.1, -0.05) is 30.0 Å². The smallest absolute Gasteiger partial charge is 0.322 e. The van der Waals surface area contributed by atoms with Crippen molar-refractivity contribution >= 4 is 21.6 Å². The molecule has 158 valence electrons. The van der Waals surface area contributed by atoms with Crippen LogP contribution in [0, 0.1) is 11.8 Å². The first-order valence-corrected chi connectivity index (χ1v) is 10.3. The van der Waals surface area contributed by atoms with Gasteiger partial charge in [0.05, 0.1) is 16.0 Å². The Hall–Kier alpha value is -3.61. The molecule has 0 saturated carbocycles. The third-order valence-electron chi connectivity index (χ3n) is 4.12. The quantitative estimate of drug-likeness (QED) is 0.599. The molecule has 0 aliphatic heterocycles. The van der Waals surface area contributed by atoms with Gasteiger partial charge in [0.25, 0.3) is 5.91 Å². The maximum Gasteiger partial charge on any atom is 0.416 e. The Kier molecular flexibility index (Phi) is 6.15. The van der Waals surface area contributed by atoms with Gasteiger partial charge in [0.1, 0.15) is 0 Å². The Morgan fingerprint density at radius 3 is 2.16 bits per heavy atom. The molecule has 0 atom stereocenters. The molecule has 0 aliphatic carbocycles. The predicted molar refractivity (Wildman–Crippen MR) is 110 cm³/mol. The molecule has 0 spiro atoms. The first kappa shape index (κ1) is 22.1. The molecule has 0 radical (unpaired) electrons. The molecule has 3 rings (SSSR count). The van der Waals surface area contributed by atoms with Gasteiger partial charge < -0.3 is 5.32 Å². The maximum atomic E-state index is 12.8. The van der Waals surface area contributed by atoms with Gasteiger partial charge in [0.2, 0.25) is 10.0 Å². The third-order valence-corrected chi connectivity index (χ3v) is 5.09. The summed E-state index contributed by atoms with van der Waals surface area (Å²) in [6.07, 6.45) is -4.45. The number of alkyl halides is 3. The Balaban J connectivity index is 1.76. The number of benzene rings is 3. The van der Waals surface area contributed by atoms with Crippen molar-refractivity contribution in [2.75, 3.05) is 5.32 Å². The standard InChI is InChI=1S/C22H15F3N2O3S/c23-22(24,25)17-5-3-4-16(14-17)9-8-15-10-12-18(13-11-15)27-21(28)19-6-1-2-7-20(19)31(26,29)30/h1-7,10-14H,(H,27,28)(H2,26,29,30). The van der Waals surface area contributed by atoms with Crippen molar-refractivity contribution in [1.82, 2.24) is 0 Å². The number of amides is 1. The number of halogens is 3. The van der Waals surface area contributed by atoms with Crippen LogP contribution in [0.4, 0.5) is 18.9 Å². The van der Waals surface area contributed by atoms with E-state index in [-0.39, 0.29) is 16.0 Å². The summed E-state index contributed by atoms with van der Waals surface area (Å²) in [7, 11) is -4.07.